The van der Waals surface area contributed by atoms with Crippen molar-refractivity contribution in [2.45, 2.75) is 102 Å². The molecule has 0 radical (unpaired) electrons. The van der Waals surface area contributed by atoms with Crippen molar-refractivity contribution < 1.29 is 37.6 Å². The topological polar surface area (TPSA) is 73.8 Å². The Balaban J connectivity index is 1.60. The predicted molar refractivity (Wildman–Crippen MR) is 202 cm³/mol. The number of methoxy groups -OCH3 is 4. The molecule has 8 nitrogen and oxygen atoms in total. The third-order valence-electron chi connectivity index (χ3n) is 11.2. The van der Waals surface area contributed by atoms with Crippen molar-refractivity contribution in [3.05, 3.63) is 72.8 Å². The number of hydrogen-bond acceptors (Lipinski definition) is 8. The molecule has 0 aromatic heterocycles. The zero-order valence-electron chi connectivity index (χ0n) is 31.7. The smallest absolute Gasteiger partial charge is 0.399 e. The van der Waals surface area contributed by atoms with E-state index in [1.54, 1.807) is 28.4 Å². The molecule has 0 aliphatic carbocycles. The molecule has 266 valence electrons. The van der Waals surface area contributed by atoms with Crippen LogP contribution in [0, 0.1) is 0 Å². The summed E-state index contributed by atoms with van der Waals surface area (Å²) in [4.78, 5) is 0. The number of benzene rings is 4. The van der Waals surface area contributed by atoms with E-state index in [2.05, 4.69) is 72.8 Å². The van der Waals surface area contributed by atoms with Crippen molar-refractivity contribution in [1.82, 2.24) is 0 Å². The largest absolute Gasteiger partial charge is 0.495 e. The summed E-state index contributed by atoms with van der Waals surface area (Å²) in [5, 5.41) is 4.31. The van der Waals surface area contributed by atoms with Crippen LogP contribution in [0.3, 0.4) is 0 Å². The second-order valence-corrected chi connectivity index (χ2v) is 15.6. The molecule has 6 rings (SSSR count). The molecular formula is C40H52B2O8. The Hall–Kier alpha value is -2.79. The van der Waals surface area contributed by atoms with E-state index >= 15 is 0 Å². The van der Waals surface area contributed by atoms with Gasteiger partial charge in [-0.05, 0) is 99.0 Å². The van der Waals surface area contributed by atoms with Crippen LogP contribution in [-0.4, -0.2) is 89.5 Å². The molecule has 0 bridgehead atoms. The lowest BCUT2D eigenvalue weighted by molar-refractivity contribution is -0.132. The van der Waals surface area contributed by atoms with Crippen LogP contribution in [0.5, 0.6) is 0 Å². The SMILES string of the molecule is COC(C)(C)[C@@H]1OB(c2ccc3ccccc3c2-c2c(B3O[C@@H](C(C)(C)OC)[C@H](C(C)(C)OC)O3)ccc3ccccc23)O[C@H]1C(C)(C)OC. The lowest BCUT2D eigenvalue weighted by atomic mass is 9.67. The number of fused-ring (bicyclic) bond motifs is 2. The normalized spacial score (nSPS) is 22.3. The van der Waals surface area contributed by atoms with E-state index in [-0.39, 0.29) is 0 Å². The van der Waals surface area contributed by atoms with Crippen molar-refractivity contribution in [3.63, 3.8) is 0 Å². The van der Waals surface area contributed by atoms with Gasteiger partial charge in [-0.1, -0.05) is 72.8 Å². The Bertz CT molecular complexity index is 1660. The summed E-state index contributed by atoms with van der Waals surface area (Å²) in [6.07, 6.45) is -1.69. The van der Waals surface area contributed by atoms with Gasteiger partial charge in [-0.15, -0.1) is 0 Å². The summed E-state index contributed by atoms with van der Waals surface area (Å²) in [5.74, 6) is 0. The highest BCUT2D eigenvalue weighted by molar-refractivity contribution is 6.67. The molecule has 2 heterocycles. The van der Waals surface area contributed by atoms with Gasteiger partial charge in [-0.25, -0.2) is 0 Å². The van der Waals surface area contributed by atoms with Crippen LogP contribution in [0.1, 0.15) is 55.4 Å². The van der Waals surface area contributed by atoms with E-state index in [1.807, 2.05) is 55.4 Å². The Labute approximate surface area is 298 Å². The quantitative estimate of drug-likeness (QED) is 0.170. The van der Waals surface area contributed by atoms with Gasteiger partial charge >= 0.3 is 14.2 Å². The van der Waals surface area contributed by atoms with E-state index in [4.69, 9.17) is 37.6 Å². The fraction of sp³-hybridized carbons (Fsp3) is 0.500. The monoisotopic (exact) mass is 682 g/mol. The molecule has 0 N–H and O–H groups in total. The second-order valence-electron chi connectivity index (χ2n) is 15.6. The third kappa shape index (κ3) is 6.43. The summed E-state index contributed by atoms with van der Waals surface area (Å²) in [6.45, 7) is 16.2. The fourth-order valence-corrected chi connectivity index (χ4v) is 7.28. The minimum atomic E-state index is -0.717. The van der Waals surface area contributed by atoms with E-state index in [1.165, 1.54) is 0 Å². The van der Waals surface area contributed by atoms with Crippen molar-refractivity contribution >= 4 is 46.7 Å². The maximum Gasteiger partial charge on any atom is 0.495 e. The van der Waals surface area contributed by atoms with E-state index < -0.39 is 61.1 Å². The highest BCUT2D eigenvalue weighted by atomic mass is 16.7. The first-order chi connectivity index (χ1) is 23.6. The Kier molecular flexibility index (Phi) is 10.1. The van der Waals surface area contributed by atoms with E-state index in [9.17, 15) is 0 Å². The maximum absolute atomic E-state index is 6.92. The van der Waals surface area contributed by atoms with Crippen molar-refractivity contribution in [2.75, 3.05) is 28.4 Å². The first-order valence-corrected chi connectivity index (χ1v) is 17.5. The molecule has 10 heteroatoms. The maximum atomic E-state index is 6.92. The van der Waals surface area contributed by atoms with Crippen LogP contribution in [0.25, 0.3) is 32.7 Å². The summed E-state index contributed by atoms with van der Waals surface area (Å²) >= 11 is 0. The van der Waals surface area contributed by atoms with Crippen molar-refractivity contribution in [2.24, 2.45) is 0 Å². The predicted octanol–water partition coefficient (Wildman–Crippen LogP) is 6.32. The van der Waals surface area contributed by atoms with E-state index in [0.29, 0.717) is 0 Å². The van der Waals surface area contributed by atoms with Gasteiger partial charge < -0.3 is 37.6 Å². The summed E-state index contributed by atoms with van der Waals surface area (Å²) in [5.41, 5.74) is 1.15. The molecule has 0 unspecified atom stereocenters. The van der Waals surface area contributed by atoms with Gasteiger partial charge in [-0.3, -0.25) is 0 Å². The molecular weight excluding hydrogens is 630 g/mol. The van der Waals surface area contributed by atoms with Crippen LogP contribution in [0.15, 0.2) is 72.8 Å². The molecule has 0 amide bonds. The van der Waals surface area contributed by atoms with Gasteiger partial charge in [0.1, 0.15) is 0 Å². The number of rotatable bonds is 11. The minimum Gasteiger partial charge on any atom is -0.399 e. The number of hydrogen-bond donors (Lipinski definition) is 0. The number of ether oxygens (including phenoxy) is 4. The summed E-state index contributed by atoms with van der Waals surface area (Å²) in [7, 11) is 5.38. The Morgan fingerprint density at radius 2 is 0.700 bits per heavy atom. The zero-order chi connectivity index (χ0) is 36.2. The van der Waals surface area contributed by atoms with Crippen molar-refractivity contribution in [3.8, 4) is 11.1 Å². The molecule has 4 aromatic rings. The summed E-state index contributed by atoms with van der Waals surface area (Å²) < 4.78 is 51.6. The third-order valence-corrected chi connectivity index (χ3v) is 11.2. The van der Waals surface area contributed by atoms with Crippen molar-refractivity contribution in [1.29, 1.82) is 0 Å². The van der Waals surface area contributed by atoms with Gasteiger partial charge in [0.15, 0.2) is 0 Å². The van der Waals surface area contributed by atoms with E-state index in [0.717, 1.165) is 43.6 Å². The summed E-state index contributed by atoms with van der Waals surface area (Å²) in [6, 6.07) is 25.4. The van der Waals surface area contributed by atoms with Gasteiger partial charge in [0.25, 0.3) is 0 Å². The fourth-order valence-electron chi connectivity index (χ4n) is 7.28. The molecule has 2 aliphatic rings. The molecule has 4 aromatic carbocycles. The lowest BCUT2D eigenvalue weighted by Crippen LogP contribution is -2.53. The zero-order valence-corrected chi connectivity index (χ0v) is 31.7. The Morgan fingerprint density at radius 1 is 0.420 bits per heavy atom. The first kappa shape index (κ1) is 37.0. The standard InChI is InChI=1S/C40H52B2O8/c1-37(2,43-9)33-34(38(3,4)44-10)48-41(47-33)29-23-21-25-17-13-15-19-27(25)31(29)32-28-20-16-14-18-26(28)22-24-30(32)42-49-35(39(5,6)45-11)36(50-42)40(7,8)46-12/h13-24,33-36H,1-12H3/t33-,34-,35-,36-/m1/s1. The van der Waals surface area contributed by atoms with Crippen LogP contribution in [0.2, 0.25) is 0 Å². The van der Waals surface area contributed by atoms with Gasteiger partial charge in [0.05, 0.1) is 46.8 Å². The van der Waals surface area contributed by atoms with Gasteiger partial charge in [0, 0.05) is 28.4 Å². The molecule has 2 saturated heterocycles. The molecule has 4 atom stereocenters. The minimum absolute atomic E-state index is 0.422. The molecule has 2 aliphatic heterocycles. The highest BCUT2D eigenvalue weighted by Crippen LogP contribution is 2.40. The van der Waals surface area contributed by atoms with Gasteiger partial charge in [-0.2, -0.15) is 0 Å². The average Bonchev–Trinajstić information content (AvgIpc) is 3.79. The first-order valence-electron chi connectivity index (χ1n) is 17.5. The van der Waals surface area contributed by atoms with Gasteiger partial charge in [0.2, 0.25) is 0 Å². The Morgan fingerprint density at radius 3 is 0.980 bits per heavy atom. The molecule has 2 fully saturated rings. The average molecular weight is 682 g/mol. The molecule has 50 heavy (non-hydrogen) atoms. The second kappa shape index (κ2) is 13.6. The molecule has 0 spiro atoms. The lowest BCUT2D eigenvalue weighted by Gasteiger charge is -2.39. The van der Waals surface area contributed by atoms with Crippen LogP contribution in [0.4, 0.5) is 0 Å². The molecule has 0 saturated carbocycles. The van der Waals surface area contributed by atoms with Crippen LogP contribution < -0.4 is 10.9 Å². The van der Waals surface area contributed by atoms with Crippen LogP contribution >= 0.6 is 0 Å². The highest BCUT2D eigenvalue weighted by Gasteiger charge is 2.56. The van der Waals surface area contributed by atoms with Crippen LogP contribution in [-0.2, 0) is 37.6 Å².